The van der Waals surface area contributed by atoms with Crippen molar-refractivity contribution in [3.63, 3.8) is 0 Å². The van der Waals surface area contributed by atoms with Gasteiger partial charge in [0, 0.05) is 23.5 Å². The second-order valence-corrected chi connectivity index (χ2v) is 10.1. The smallest absolute Gasteiger partial charge is 0.271 e. The molecule has 0 saturated carbocycles. The molecule has 168 valence electrons. The van der Waals surface area contributed by atoms with Crippen LogP contribution in [-0.2, 0) is 24.4 Å². The molecule has 1 N–H and O–H groups in total. The number of carbonyl (C=O) groups is 2. The predicted molar refractivity (Wildman–Crippen MR) is 133 cm³/mol. The summed E-state index contributed by atoms with van der Waals surface area (Å²) in [6.45, 7) is 5.02. The van der Waals surface area contributed by atoms with Crippen LogP contribution in [0.3, 0.4) is 0 Å². The second kappa shape index (κ2) is 8.36. The van der Waals surface area contributed by atoms with Crippen molar-refractivity contribution in [2.24, 2.45) is 0 Å². The number of halogens is 1. The minimum Gasteiger partial charge on any atom is -0.350 e. The van der Waals surface area contributed by atoms with Gasteiger partial charge in [0.15, 0.2) is 0 Å². The molecule has 0 aliphatic carbocycles. The Hall–Kier alpha value is -3.09. The Morgan fingerprint density at radius 1 is 1.09 bits per heavy atom. The molecule has 0 saturated heterocycles. The molecule has 5 rings (SSSR count). The third kappa shape index (κ3) is 3.94. The first-order valence-electron chi connectivity index (χ1n) is 10.8. The van der Waals surface area contributed by atoms with Crippen LogP contribution >= 0.6 is 22.9 Å². The van der Waals surface area contributed by atoms with E-state index < -0.39 is 5.54 Å². The number of amides is 2. The first kappa shape index (κ1) is 21.7. The average Bonchev–Trinajstić information content (AvgIpc) is 3.40. The van der Waals surface area contributed by atoms with Crippen LogP contribution in [0.25, 0.3) is 10.2 Å². The summed E-state index contributed by atoms with van der Waals surface area (Å²) in [5, 5.41) is 6.75. The van der Waals surface area contributed by atoms with E-state index in [9.17, 15) is 9.59 Å². The number of carbonyl (C=O) groups excluding carboxylic acids is 2. The Bertz CT molecular complexity index is 1340. The second-order valence-electron chi connectivity index (χ2n) is 8.76. The molecule has 4 aromatic rings. The Kier molecular flexibility index (Phi) is 5.51. The van der Waals surface area contributed by atoms with Gasteiger partial charge < -0.3 is 14.8 Å². The number of aromatic nitrogens is 1. The third-order valence-electron chi connectivity index (χ3n) is 6.35. The zero-order valence-corrected chi connectivity index (χ0v) is 20.0. The number of aryl methyl sites for hydroxylation is 1. The number of benzene rings is 2. The van der Waals surface area contributed by atoms with Crippen molar-refractivity contribution in [1.82, 2.24) is 14.8 Å². The van der Waals surface area contributed by atoms with Gasteiger partial charge in [-0.05, 0) is 54.6 Å². The number of hydrogen-bond donors (Lipinski definition) is 1. The monoisotopic (exact) mass is 477 g/mol. The van der Waals surface area contributed by atoms with Gasteiger partial charge >= 0.3 is 0 Å². The van der Waals surface area contributed by atoms with Gasteiger partial charge in [-0.2, -0.15) is 0 Å². The molecule has 2 aromatic heterocycles. The van der Waals surface area contributed by atoms with Crippen LogP contribution in [0.1, 0.15) is 34.1 Å². The fourth-order valence-corrected chi connectivity index (χ4v) is 5.38. The van der Waals surface area contributed by atoms with Crippen molar-refractivity contribution in [2.45, 2.75) is 39.0 Å². The van der Waals surface area contributed by atoms with Gasteiger partial charge in [0.25, 0.3) is 5.91 Å². The molecule has 0 bridgehead atoms. The van der Waals surface area contributed by atoms with Crippen LogP contribution in [0.5, 0.6) is 0 Å². The van der Waals surface area contributed by atoms with E-state index in [-0.39, 0.29) is 11.8 Å². The maximum absolute atomic E-state index is 13.7. The Labute approximate surface area is 201 Å². The summed E-state index contributed by atoms with van der Waals surface area (Å²) < 4.78 is 2.00. The minimum atomic E-state index is -1.04. The molecular formula is C26H24ClN3O2S. The molecule has 33 heavy (non-hydrogen) atoms. The summed E-state index contributed by atoms with van der Waals surface area (Å²) in [4.78, 5) is 30.1. The van der Waals surface area contributed by atoms with E-state index in [2.05, 4.69) is 5.32 Å². The quantitative estimate of drug-likeness (QED) is 0.418. The fourth-order valence-electron chi connectivity index (χ4n) is 4.36. The summed E-state index contributed by atoms with van der Waals surface area (Å²) in [5.74, 6) is -0.309. The van der Waals surface area contributed by atoms with Gasteiger partial charge in [0.05, 0.1) is 6.54 Å². The summed E-state index contributed by atoms with van der Waals surface area (Å²) in [5.41, 5.74) is 2.68. The minimum absolute atomic E-state index is 0.130. The van der Waals surface area contributed by atoms with Gasteiger partial charge in [0.1, 0.15) is 16.1 Å². The number of nitrogens with one attached hydrogen (secondary N) is 1. The zero-order chi connectivity index (χ0) is 23.2. The summed E-state index contributed by atoms with van der Waals surface area (Å²) in [6, 6.07) is 19.4. The van der Waals surface area contributed by atoms with E-state index in [1.54, 1.807) is 28.4 Å². The Morgan fingerprint density at radius 3 is 2.52 bits per heavy atom. The van der Waals surface area contributed by atoms with Gasteiger partial charge in [-0.15, -0.1) is 11.3 Å². The molecule has 0 radical (unpaired) electrons. The van der Waals surface area contributed by atoms with E-state index in [0.29, 0.717) is 30.4 Å². The third-order valence-corrected chi connectivity index (χ3v) is 7.55. The average molecular weight is 478 g/mol. The van der Waals surface area contributed by atoms with Crippen molar-refractivity contribution in [2.75, 3.05) is 0 Å². The van der Waals surface area contributed by atoms with Crippen molar-refractivity contribution >= 4 is 45.0 Å². The van der Waals surface area contributed by atoms with Crippen molar-refractivity contribution < 1.29 is 9.59 Å². The summed E-state index contributed by atoms with van der Waals surface area (Å²) >= 11 is 7.57. The van der Waals surface area contributed by atoms with E-state index in [4.69, 9.17) is 11.6 Å². The highest BCUT2D eigenvalue weighted by Gasteiger charge is 2.47. The molecule has 5 nitrogen and oxygen atoms in total. The largest absolute Gasteiger partial charge is 0.350 e. The van der Waals surface area contributed by atoms with Crippen LogP contribution in [0.4, 0.5) is 0 Å². The van der Waals surface area contributed by atoms with Gasteiger partial charge in [0.2, 0.25) is 5.91 Å². The van der Waals surface area contributed by atoms with Gasteiger partial charge in [-0.25, -0.2) is 0 Å². The maximum Gasteiger partial charge on any atom is 0.271 e. The molecule has 3 heterocycles. The molecule has 2 amide bonds. The number of thiophene rings is 1. The van der Waals surface area contributed by atoms with Gasteiger partial charge in [-0.1, -0.05) is 53.6 Å². The van der Waals surface area contributed by atoms with Crippen LogP contribution in [-0.4, -0.2) is 26.8 Å². The van der Waals surface area contributed by atoms with Crippen LogP contribution in [0.2, 0.25) is 5.02 Å². The van der Waals surface area contributed by atoms with E-state index >= 15 is 0 Å². The maximum atomic E-state index is 13.7. The number of nitrogens with zero attached hydrogens (tertiary/aromatic N) is 2. The first-order valence-corrected chi connectivity index (χ1v) is 12.1. The van der Waals surface area contributed by atoms with E-state index in [1.165, 1.54) is 0 Å². The molecule has 1 aliphatic rings. The molecule has 7 heteroatoms. The lowest BCUT2D eigenvalue weighted by atomic mass is 9.93. The highest BCUT2D eigenvalue weighted by Crippen LogP contribution is 2.35. The number of rotatable bonds is 5. The Morgan fingerprint density at radius 2 is 1.79 bits per heavy atom. The number of fused-ring (bicyclic) bond motifs is 3. The molecule has 1 atom stereocenters. The summed E-state index contributed by atoms with van der Waals surface area (Å²) in [7, 11) is 0. The lowest BCUT2D eigenvalue weighted by molar-refractivity contribution is -0.133. The zero-order valence-electron chi connectivity index (χ0n) is 18.5. The molecular weight excluding hydrogens is 454 g/mol. The normalized spacial score (nSPS) is 17.9. The standard InChI is InChI=1S/C26H24ClN3O2S/c1-17-3-5-19(6-4-17)15-30-23(31)22-13-20-11-12-33-24(20)29(22)16-26(30,2)25(32)28-14-18-7-9-21(27)10-8-18/h3-13H,14-16H2,1-2H3,(H,28,32)/t26-/m0/s1. The van der Waals surface area contributed by atoms with Crippen molar-refractivity contribution in [3.8, 4) is 0 Å². The Balaban J connectivity index is 1.49. The molecule has 0 fully saturated rings. The number of hydrogen-bond acceptors (Lipinski definition) is 3. The molecule has 1 aliphatic heterocycles. The lowest BCUT2D eigenvalue weighted by Crippen LogP contribution is -2.63. The van der Waals surface area contributed by atoms with Crippen LogP contribution in [0.15, 0.2) is 66.0 Å². The van der Waals surface area contributed by atoms with Crippen LogP contribution < -0.4 is 5.32 Å². The van der Waals surface area contributed by atoms with Crippen molar-refractivity contribution in [3.05, 3.63) is 93.5 Å². The molecule has 2 aromatic carbocycles. The molecule has 0 unspecified atom stereocenters. The topological polar surface area (TPSA) is 54.3 Å². The highest BCUT2D eigenvalue weighted by atomic mass is 35.5. The fraction of sp³-hybridized carbons (Fsp3) is 0.231. The van der Waals surface area contributed by atoms with E-state index in [1.807, 2.05) is 72.3 Å². The summed E-state index contributed by atoms with van der Waals surface area (Å²) in [6.07, 6.45) is 0. The highest BCUT2D eigenvalue weighted by molar-refractivity contribution is 7.16. The van der Waals surface area contributed by atoms with Gasteiger partial charge in [-0.3, -0.25) is 9.59 Å². The van der Waals surface area contributed by atoms with Crippen molar-refractivity contribution in [1.29, 1.82) is 0 Å². The lowest BCUT2D eigenvalue weighted by Gasteiger charge is -2.44. The predicted octanol–water partition coefficient (Wildman–Crippen LogP) is 5.40. The van der Waals surface area contributed by atoms with E-state index in [0.717, 1.165) is 26.9 Å². The first-order chi connectivity index (χ1) is 15.8. The SMILES string of the molecule is Cc1ccc(CN2C(=O)c3cc4ccsc4n3C[C@@]2(C)C(=O)NCc2ccc(Cl)cc2)cc1. The molecule has 0 spiro atoms. The van der Waals surface area contributed by atoms with Crippen LogP contribution in [0, 0.1) is 6.92 Å².